The Hall–Kier alpha value is -2.14. The fraction of sp³-hybridized carbons (Fsp3) is 0.333. The first-order chi connectivity index (χ1) is 9.81. The minimum absolute atomic E-state index is 0.0412. The van der Waals surface area contributed by atoms with E-state index in [0.29, 0.717) is 12.1 Å². The van der Waals surface area contributed by atoms with Gasteiger partial charge in [0.05, 0.1) is 6.33 Å². The topological polar surface area (TPSA) is 58.9 Å². The van der Waals surface area contributed by atoms with Crippen molar-refractivity contribution in [3.05, 3.63) is 48.5 Å². The van der Waals surface area contributed by atoms with Crippen LogP contribution in [0.5, 0.6) is 0 Å². The van der Waals surface area contributed by atoms with Gasteiger partial charge in [-0.1, -0.05) is 6.92 Å². The lowest BCUT2D eigenvalue weighted by molar-refractivity contribution is 0.0954. The van der Waals surface area contributed by atoms with E-state index in [9.17, 15) is 4.79 Å². The van der Waals surface area contributed by atoms with E-state index in [2.05, 4.69) is 22.5 Å². The summed E-state index contributed by atoms with van der Waals surface area (Å²) < 4.78 is 1.90. The van der Waals surface area contributed by atoms with Crippen molar-refractivity contribution in [3.8, 4) is 5.69 Å². The average molecular weight is 272 g/mol. The van der Waals surface area contributed by atoms with Crippen molar-refractivity contribution >= 4 is 5.91 Å². The van der Waals surface area contributed by atoms with E-state index >= 15 is 0 Å². The predicted molar refractivity (Wildman–Crippen MR) is 79.1 cm³/mol. The first kappa shape index (κ1) is 14.3. The fourth-order valence-electron chi connectivity index (χ4n) is 1.87. The molecule has 0 aliphatic carbocycles. The molecule has 1 amide bonds. The first-order valence-corrected chi connectivity index (χ1v) is 6.88. The van der Waals surface area contributed by atoms with Crippen molar-refractivity contribution in [2.45, 2.75) is 13.3 Å². The van der Waals surface area contributed by atoms with Crippen molar-refractivity contribution in [2.75, 3.05) is 19.6 Å². The number of rotatable bonds is 7. The number of hydrogen-bond donors (Lipinski definition) is 2. The molecule has 1 aromatic heterocycles. The quantitative estimate of drug-likeness (QED) is 0.753. The van der Waals surface area contributed by atoms with Crippen LogP contribution in [0, 0.1) is 0 Å². The highest BCUT2D eigenvalue weighted by atomic mass is 16.1. The highest BCUT2D eigenvalue weighted by Gasteiger charge is 2.04. The molecule has 0 saturated heterocycles. The molecule has 2 aromatic rings. The molecule has 2 rings (SSSR count). The van der Waals surface area contributed by atoms with Gasteiger partial charge in [0.15, 0.2) is 0 Å². The molecule has 0 unspecified atom stereocenters. The highest BCUT2D eigenvalue weighted by molar-refractivity contribution is 5.94. The van der Waals surface area contributed by atoms with Crippen LogP contribution >= 0.6 is 0 Å². The molecule has 0 fully saturated rings. The second-order valence-corrected chi connectivity index (χ2v) is 4.52. The fourth-order valence-corrected chi connectivity index (χ4v) is 1.87. The number of nitrogens with zero attached hydrogens (tertiary/aromatic N) is 2. The Balaban J connectivity index is 1.85. The molecule has 0 aliphatic rings. The van der Waals surface area contributed by atoms with Gasteiger partial charge < -0.3 is 15.2 Å². The van der Waals surface area contributed by atoms with Gasteiger partial charge in [0.1, 0.15) is 0 Å². The van der Waals surface area contributed by atoms with Crippen molar-refractivity contribution in [1.82, 2.24) is 20.2 Å². The Labute approximate surface area is 119 Å². The van der Waals surface area contributed by atoms with Crippen molar-refractivity contribution in [2.24, 2.45) is 0 Å². The molecular weight excluding hydrogens is 252 g/mol. The number of carbonyl (C=O) groups excluding carboxylic acids is 1. The summed E-state index contributed by atoms with van der Waals surface area (Å²) >= 11 is 0. The number of hydrogen-bond acceptors (Lipinski definition) is 3. The lowest BCUT2D eigenvalue weighted by atomic mass is 10.2. The molecule has 0 spiro atoms. The summed E-state index contributed by atoms with van der Waals surface area (Å²) in [5.74, 6) is -0.0412. The highest BCUT2D eigenvalue weighted by Crippen LogP contribution is 2.09. The Morgan fingerprint density at radius 3 is 2.65 bits per heavy atom. The Bertz CT molecular complexity index is 519. The summed E-state index contributed by atoms with van der Waals surface area (Å²) in [6.45, 7) is 4.54. The molecule has 20 heavy (non-hydrogen) atoms. The third-order valence-electron chi connectivity index (χ3n) is 2.95. The van der Waals surface area contributed by atoms with Crippen LogP contribution in [0.2, 0.25) is 0 Å². The predicted octanol–water partition coefficient (Wildman–Crippen LogP) is 1.60. The number of imidazole rings is 1. The van der Waals surface area contributed by atoms with Gasteiger partial charge in [0, 0.05) is 36.7 Å². The second-order valence-electron chi connectivity index (χ2n) is 4.52. The number of benzene rings is 1. The molecule has 0 aliphatic heterocycles. The molecule has 5 nitrogen and oxygen atoms in total. The van der Waals surface area contributed by atoms with Crippen LogP contribution in [0.15, 0.2) is 43.0 Å². The minimum atomic E-state index is -0.0412. The van der Waals surface area contributed by atoms with Crippen LogP contribution in [-0.4, -0.2) is 35.1 Å². The normalized spacial score (nSPS) is 10.4. The van der Waals surface area contributed by atoms with Crippen LogP contribution in [0.4, 0.5) is 0 Å². The summed E-state index contributed by atoms with van der Waals surface area (Å²) in [6, 6.07) is 7.46. The Kier molecular flexibility index (Phi) is 5.32. The largest absolute Gasteiger partial charge is 0.351 e. The molecule has 0 bridgehead atoms. The standard InChI is InChI=1S/C15H20N4O/c1-2-7-16-8-9-18-15(20)13-3-5-14(6-4-13)19-11-10-17-12-19/h3-6,10-12,16H,2,7-9H2,1H3,(H,18,20). The smallest absolute Gasteiger partial charge is 0.251 e. The molecular formula is C15H20N4O. The monoisotopic (exact) mass is 272 g/mol. The molecule has 0 saturated carbocycles. The number of amides is 1. The third kappa shape index (κ3) is 3.93. The molecule has 0 radical (unpaired) electrons. The van der Waals surface area contributed by atoms with E-state index in [4.69, 9.17) is 0 Å². The third-order valence-corrected chi connectivity index (χ3v) is 2.95. The molecule has 1 aromatic carbocycles. The van der Waals surface area contributed by atoms with Gasteiger partial charge in [0.2, 0.25) is 0 Å². The maximum atomic E-state index is 11.9. The summed E-state index contributed by atoms with van der Waals surface area (Å²) in [7, 11) is 0. The lowest BCUT2D eigenvalue weighted by Gasteiger charge is -2.07. The number of nitrogens with one attached hydrogen (secondary N) is 2. The van der Waals surface area contributed by atoms with Crippen LogP contribution < -0.4 is 10.6 Å². The van der Waals surface area contributed by atoms with Crippen LogP contribution in [-0.2, 0) is 0 Å². The van der Waals surface area contributed by atoms with Crippen LogP contribution in [0.25, 0.3) is 5.69 Å². The molecule has 106 valence electrons. The summed E-state index contributed by atoms with van der Waals surface area (Å²) in [5.41, 5.74) is 1.66. The van der Waals surface area contributed by atoms with E-state index < -0.39 is 0 Å². The Morgan fingerprint density at radius 2 is 2.00 bits per heavy atom. The summed E-state index contributed by atoms with van der Waals surface area (Å²) in [4.78, 5) is 15.9. The van der Waals surface area contributed by atoms with Gasteiger partial charge in [-0.2, -0.15) is 0 Å². The van der Waals surface area contributed by atoms with E-state index in [1.54, 1.807) is 12.5 Å². The van der Waals surface area contributed by atoms with Gasteiger partial charge in [-0.05, 0) is 37.2 Å². The van der Waals surface area contributed by atoms with Crippen molar-refractivity contribution < 1.29 is 4.79 Å². The van der Waals surface area contributed by atoms with Gasteiger partial charge in [0.25, 0.3) is 5.91 Å². The van der Waals surface area contributed by atoms with Crippen LogP contribution in [0.1, 0.15) is 23.7 Å². The lowest BCUT2D eigenvalue weighted by Crippen LogP contribution is -2.32. The van der Waals surface area contributed by atoms with E-state index in [1.807, 2.05) is 35.0 Å². The van der Waals surface area contributed by atoms with Crippen LogP contribution in [0.3, 0.4) is 0 Å². The van der Waals surface area contributed by atoms with Gasteiger partial charge in [-0.15, -0.1) is 0 Å². The molecule has 2 N–H and O–H groups in total. The average Bonchev–Trinajstić information content (AvgIpc) is 3.01. The summed E-state index contributed by atoms with van der Waals surface area (Å²) in [5, 5.41) is 6.14. The molecule has 5 heteroatoms. The molecule has 1 heterocycles. The maximum Gasteiger partial charge on any atom is 0.251 e. The zero-order valence-electron chi connectivity index (χ0n) is 11.7. The SMILES string of the molecule is CCCNCCNC(=O)c1ccc(-n2ccnc2)cc1. The van der Waals surface area contributed by atoms with E-state index in [1.165, 1.54) is 0 Å². The summed E-state index contributed by atoms with van der Waals surface area (Å²) in [6.07, 6.45) is 6.43. The van der Waals surface area contributed by atoms with Gasteiger partial charge in [-0.3, -0.25) is 4.79 Å². The molecule has 0 atom stereocenters. The minimum Gasteiger partial charge on any atom is -0.351 e. The number of aromatic nitrogens is 2. The van der Waals surface area contributed by atoms with Crippen molar-refractivity contribution in [1.29, 1.82) is 0 Å². The second kappa shape index (κ2) is 7.45. The number of carbonyl (C=O) groups is 1. The van der Waals surface area contributed by atoms with Crippen molar-refractivity contribution in [3.63, 3.8) is 0 Å². The maximum absolute atomic E-state index is 11.9. The van der Waals surface area contributed by atoms with Gasteiger partial charge in [-0.25, -0.2) is 4.98 Å². The van der Waals surface area contributed by atoms with Gasteiger partial charge >= 0.3 is 0 Å². The Morgan fingerprint density at radius 1 is 1.20 bits per heavy atom. The zero-order valence-corrected chi connectivity index (χ0v) is 11.7. The first-order valence-electron chi connectivity index (χ1n) is 6.88. The zero-order chi connectivity index (χ0) is 14.2. The van der Waals surface area contributed by atoms with E-state index in [0.717, 1.165) is 25.2 Å². The van der Waals surface area contributed by atoms with E-state index in [-0.39, 0.29) is 5.91 Å².